The SMILES string of the molecule is CC(=O)SCCCc1ccnc(-c2cc(CCCSC(C)=O)ccn2)c1. The van der Waals surface area contributed by atoms with E-state index in [2.05, 4.69) is 22.1 Å². The van der Waals surface area contributed by atoms with Gasteiger partial charge in [0.25, 0.3) is 0 Å². The second-order valence-electron chi connectivity index (χ2n) is 5.99. The van der Waals surface area contributed by atoms with Crippen LogP contribution in [0.1, 0.15) is 37.8 Å². The third kappa shape index (κ3) is 7.70. The van der Waals surface area contributed by atoms with Crippen LogP contribution in [-0.2, 0) is 22.4 Å². The maximum absolute atomic E-state index is 11.0. The van der Waals surface area contributed by atoms with Crippen molar-refractivity contribution in [2.45, 2.75) is 39.5 Å². The van der Waals surface area contributed by atoms with E-state index in [-0.39, 0.29) is 10.2 Å². The van der Waals surface area contributed by atoms with Crippen LogP contribution in [0.5, 0.6) is 0 Å². The van der Waals surface area contributed by atoms with Crippen LogP contribution in [0, 0.1) is 0 Å². The van der Waals surface area contributed by atoms with Gasteiger partial charge in [0.1, 0.15) is 0 Å². The van der Waals surface area contributed by atoms with Gasteiger partial charge in [-0.15, -0.1) is 0 Å². The molecule has 0 radical (unpaired) electrons. The van der Waals surface area contributed by atoms with E-state index in [9.17, 15) is 9.59 Å². The monoisotopic (exact) mass is 388 g/mol. The Hall–Kier alpha value is -1.66. The van der Waals surface area contributed by atoms with Crippen molar-refractivity contribution in [3.05, 3.63) is 47.8 Å². The second-order valence-corrected chi connectivity index (χ2v) is 8.53. The number of pyridine rings is 2. The Balaban J connectivity index is 1.95. The van der Waals surface area contributed by atoms with Gasteiger partial charge in [0.2, 0.25) is 0 Å². The number of thioether (sulfide) groups is 2. The maximum atomic E-state index is 11.0. The number of carbonyl (C=O) groups excluding carboxylic acids is 2. The van der Waals surface area contributed by atoms with Crippen molar-refractivity contribution in [2.24, 2.45) is 0 Å². The Labute approximate surface area is 163 Å². The molecule has 0 aliphatic carbocycles. The van der Waals surface area contributed by atoms with E-state index in [1.54, 1.807) is 13.8 Å². The zero-order valence-electron chi connectivity index (χ0n) is 15.2. The molecule has 6 heteroatoms. The second kappa shape index (κ2) is 11.1. The third-order valence-electron chi connectivity index (χ3n) is 3.74. The standard InChI is InChI=1S/C20H24N2O2S2/c1-15(23)25-11-3-5-17-7-9-21-19(13-17)20-14-18(8-10-22-20)6-4-12-26-16(2)24/h7-10,13-14H,3-6,11-12H2,1-2H3. The smallest absolute Gasteiger partial charge is 0.185 e. The molecular formula is C20H24N2O2S2. The average Bonchev–Trinajstić information content (AvgIpc) is 2.63. The highest BCUT2D eigenvalue weighted by molar-refractivity contribution is 8.13. The molecule has 0 N–H and O–H groups in total. The van der Waals surface area contributed by atoms with Gasteiger partial charge in [-0.3, -0.25) is 19.6 Å². The quantitative estimate of drug-likeness (QED) is 0.587. The molecule has 2 aromatic rings. The highest BCUT2D eigenvalue weighted by Crippen LogP contribution is 2.19. The molecule has 0 atom stereocenters. The van der Waals surface area contributed by atoms with E-state index >= 15 is 0 Å². The van der Waals surface area contributed by atoms with E-state index in [1.165, 1.54) is 34.7 Å². The van der Waals surface area contributed by atoms with Crippen LogP contribution in [0.2, 0.25) is 0 Å². The highest BCUT2D eigenvalue weighted by Gasteiger charge is 2.05. The Morgan fingerprint density at radius 2 is 1.23 bits per heavy atom. The fraction of sp³-hybridized carbons (Fsp3) is 0.400. The predicted molar refractivity (Wildman–Crippen MR) is 110 cm³/mol. The molecule has 2 heterocycles. The summed E-state index contributed by atoms with van der Waals surface area (Å²) < 4.78 is 0. The molecule has 0 fully saturated rings. The summed E-state index contributed by atoms with van der Waals surface area (Å²) in [6.07, 6.45) is 7.43. The lowest BCUT2D eigenvalue weighted by atomic mass is 10.1. The van der Waals surface area contributed by atoms with E-state index < -0.39 is 0 Å². The molecular weight excluding hydrogens is 364 g/mol. The normalized spacial score (nSPS) is 10.7. The van der Waals surface area contributed by atoms with Crippen LogP contribution in [0.3, 0.4) is 0 Å². The van der Waals surface area contributed by atoms with E-state index in [0.29, 0.717) is 0 Å². The molecule has 26 heavy (non-hydrogen) atoms. The number of rotatable bonds is 9. The zero-order chi connectivity index (χ0) is 18.8. The molecule has 0 aliphatic rings. The summed E-state index contributed by atoms with van der Waals surface area (Å²) in [6.45, 7) is 3.21. The molecule has 2 rings (SSSR count). The van der Waals surface area contributed by atoms with Crippen LogP contribution >= 0.6 is 23.5 Å². The molecule has 0 aromatic carbocycles. The molecule has 0 amide bonds. The summed E-state index contributed by atoms with van der Waals surface area (Å²) in [7, 11) is 0. The number of aromatic nitrogens is 2. The minimum Gasteiger partial charge on any atom is -0.288 e. The third-order valence-corrected chi connectivity index (χ3v) is 5.54. The van der Waals surface area contributed by atoms with Crippen molar-refractivity contribution in [2.75, 3.05) is 11.5 Å². The summed E-state index contributed by atoms with van der Waals surface area (Å²) in [5.41, 5.74) is 4.18. The molecule has 0 bridgehead atoms. The molecule has 0 unspecified atom stereocenters. The number of aryl methyl sites for hydroxylation is 2. The van der Waals surface area contributed by atoms with E-state index in [1.807, 2.05) is 24.5 Å². The van der Waals surface area contributed by atoms with Gasteiger partial charge < -0.3 is 0 Å². The summed E-state index contributed by atoms with van der Waals surface area (Å²) in [5, 5.41) is 0.339. The van der Waals surface area contributed by atoms with Gasteiger partial charge in [0.05, 0.1) is 11.4 Å². The van der Waals surface area contributed by atoms with Gasteiger partial charge >= 0.3 is 0 Å². The average molecular weight is 389 g/mol. The minimum atomic E-state index is 0.170. The van der Waals surface area contributed by atoms with Crippen LogP contribution in [0.4, 0.5) is 0 Å². The van der Waals surface area contributed by atoms with E-state index in [4.69, 9.17) is 0 Å². The lowest BCUT2D eigenvalue weighted by Crippen LogP contribution is -1.95. The highest BCUT2D eigenvalue weighted by atomic mass is 32.2. The number of hydrogen-bond acceptors (Lipinski definition) is 6. The van der Waals surface area contributed by atoms with Crippen molar-refractivity contribution in [1.29, 1.82) is 0 Å². The van der Waals surface area contributed by atoms with Crippen LogP contribution in [0.25, 0.3) is 11.4 Å². The Kier molecular flexibility index (Phi) is 8.85. The molecule has 0 aliphatic heterocycles. The lowest BCUT2D eigenvalue weighted by Gasteiger charge is -2.06. The first-order valence-corrected chi connectivity index (χ1v) is 10.7. The predicted octanol–water partition coefficient (Wildman–Crippen LogP) is 4.57. The first kappa shape index (κ1) is 20.6. The number of nitrogens with zero attached hydrogens (tertiary/aromatic N) is 2. The number of hydrogen-bond donors (Lipinski definition) is 0. The first-order chi connectivity index (χ1) is 12.5. The van der Waals surface area contributed by atoms with Crippen molar-refractivity contribution in [3.63, 3.8) is 0 Å². The fourth-order valence-corrected chi connectivity index (χ4v) is 3.68. The fourth-order valence-electron chi connectivity index (χ4n) is 2.52. The summed E-state index contributed by atoms with van der Waals surface area (Å²) >= 11 is 2.75. The van der Waals surface area contributed by atoms with Gasteiger partial charge in [-0.1, -0.05) is 23.5 Å². The number of carbonyl (C=O) groups is 2. The van der Waals surface area contributed by atoms with Crippen molar-refractivity contribution in [1.82, 2.24) is 9.97 Å². The molecule has 2 aromatic heterocycles. The van der Waals surface area contributed by atoms with Gasteiger partial charge in [-0.2, -0.15) is 0 Å². The Bertz CT molecular complexity index is 687. The zero-order valence-corrected chi connectivity index (χ0v) is 16.9. The molecule has 4 nitrogen and oxygen atoms in total. The molecule has 138 valence electrons. The maximum Gasteiger partial charge on any atom is 0.185 e. The lowest BCUT2D eigenvalue weighted by molar-refractivity contribution is -0.109. The summed E-state index contributed by atoms with van der Waals surface area (Å²) in [5.74, 6) is 1.69. The van der Waals surface area contributed by atoms with E-state index in [0.717, 1.165) is 48.6 Å². The van der Waals surface area contributed by atoms with Gasteiger partial charge in [0.15, 0.2) is 10.2 Å². The van der Waals surface area contributed by atoms with Gasteiger partial charge in [-0.05, 0) is 61.1 Å². The van der Waals surface area contributed by atoms with Crippen molar-refractivity contribution in [3.8, 4) is 11.4 Å². The van der Waals surface area contributed by atoms with Crippen molar-refractivity contribution >= 4 is 33.8 Å². The molecule has 0 spiro atoms. The Morgan fingerprint density at radius 3 is 1.62 bits per heavy atom. The summed E-state index contributed by atoms with van der Waals surface area (Å²) in [4.78, 5) is 30.9. The van der Waals surface area contributed by atoms with Crippen LogP contribution in [-0.4, -0.2) is 31.7 Å². The van der Waals surface area contributed by atoms with Crippen molar-refractivity contribution < 1.29 is 9.59 Å². The minimum absolute atomic E-state index is 0.170. The van der Waals surface area contributed by atoms with Gasteiger partial charge in [-0.25, -0.2) is 0 Å². The molecule has 0 saturated heterocycles. The summed E-state index contributed by atoms with van der Waals surface area (Å²) in [6, 6.07) is 8.20. The topological polar surface area (TPSA) is 59.9 Å². The largest absolute Gasteiger partial charge is 0.288 e. The first-order valence-electron chi connectivity index (χ1n) is 8.71. The molecule has 0 saturated carbocycles. The Morgan fingerprint density at radius 1 is 0.808 bits per heavy atom. The van der Waals surface area contributed by atoms with Crippen LogP contribution in [0.15, 0.2) is 36.7 Å². The van der Waals surface area contributed by atoms with Gasteiger partial charge in [0, 0.05) is 37.7 Å². The van der Waals surface area contributed by atoms with Crippen LogP contribution < -0.4 is 0 Å².